The minimum Gasteiger partial charge on any atom is -0.506 e. The van der Waals surface area contributed by atoms with Crippen LogP contribution in [0.1, 0.15) is 5.56 Å². The summed E-state index contributed by atoms with van der Waals surface area (Å²) < 4.78 is 5.39. The molecule has 0 spiro atoms. The molecule has 144 valence electrons. The number of H-pyrrole nitrogens is 1. The van der Waals surface area contributed by atoms with Crippen molar-refractivity contribution in [3.8, 4) is 11.5 Å². The lowest BCUT2D eigenvalue weighted by atomic mass is 10.1. The summed E-state index contributed by atoms with van der Waals surface area (Å²) in [4.78, 5) is 8.75. The fraction of sp³-hybridized carbons (Fsp3) is 0.211. The fourth-order valence-corrected chi connectivity index (χ4v) is 2.41. The highest BCUT2D eigenvalue weighted by atomic mass is 16.5. The molecule has 0 aliphatic heterocycles. The third-order valence-electron chi connectivity index (χ3n) is 3.97. The van der Waals surface area contributed by atoms with Gasteiger partial charge in [-0.15, -0.1) is 15.3 Å². The van der Waals surface area contributed by atoms with E-state index in [4.69, 9.17) is 4.74 Å². The van der Waals surface area contributed by atoms with Crippen LogP contribution in [-0.4, -0.2) is 36.3 Å². The number of nitrogens with one attached hydrogen (secondary N) is 1. The highest BCUT2D eigenvalue weighted by Crippen LogP contribution is 2.37. The second-order valence-electron chi connectivity index (χ2n) is 6.19. The van der Waals surface area contributed by atoms with Crippen molar-refractivity contribution in [1.29, 1.82) is 0 Å². The molecule has 1 aromatic heterocycles. The second-order valence-corrected chi connectivity index (χ2v) is 6.19. The Hall–Kier alpha value is -3.75. The van der Waals surface area contributed by atoms with E-state index < -0.39 is 0 Å². The molecule has 0 fully saturated rings. The molecule has 0 saturated carbocycles. The number of hydrogen-bond donors (Lipinski definition) is 2. The minimum absolute atomic E-state index is 0.0587. The maximum absolute atomic E-state index is 10.2. The number of nitrogens with zero attached hydrogens (tertiary/aromatic N) is 6. The highest BCUT2D eigenvalue weighted by Gasteiger charge is 2.09. The summed E-state index contributed by atoms with van der Waals surface area (Å²) in [6.07, 6.45) is 3.27. The zero-order chi connectivity index (χ0) is 20.1. The summed E-state index contributed by atoms with van der Waals surface area (Å²) in [5.74, 6) is 0.964. The van der Waals surface area contributed by atoms with E-state index in [-0.39, 0.29) is 5.75 Å². The summed E-state index contributed by atoms with van der Waals surface area (Å²) >= 11 is 0. The van der Waals surface area contributed by atoms with Crippen LogP contribution in [0.25, 0.3) is 0 Å². The molecule has 0 atom stereocenters. The van der Waals surface area contributed by atoms with E-state index >= 15 is 0 Å². The number of benzene rings is 2. The number of phenols is 1. The zero-order valence-corrected chi connectivity index (χ0v) is 16.1. The molecular weight excluding hydrogens is 358 g/mol. The summed E-state index contributed by atoms with van der Waals surface area (Å²) in [5.41, 5.74) is 3.24. The van der Waals surface area contributed by atoms with Gasteiger partial charge in [0.15, 0.2) is 0 Å². The molecule has 0 radical (unpaired) electrons. The van der Waals surface area contributed by atoms with Crippen molar-refractivity contribution in [2.75, 3.05) is 26.1 Å². The van der Waals surface area contributed by atoms with Crippen molar-refractivity contribution in [3.63, 3.8) is 0 Å². The fourth-order valence-electron chi connectivity index (χ4n) is 2.41. The third-order valence-corrected chi connectivity index (χ3v) is 3.97. The van der Waals surface area contributed by atoms with Gasteiger partial charge in [0, 0.05) is 44.3 Å². The van der Waals surface area contributed by atoms with Crippen molar-refractivity contribution in [2.45, 2.75) is 6.92 Å². The highest BCUT2D eigenvalue weighted by molar-refractivity contribution is 5.64. The molecule has 9 heteroatoms. The standard InChI is InChI=1S/C19H21N7O2/c1-12-9-16(24-25-19-20-7-8-21-19)18(28-4)11-15(12)23-22-14-6-5-13(26(2)3)10-17(14)27/h5-11,27H,1-4H3,(H,20,21)/b23-22+,25-24+. The Bertz CT molecular complexity index is 1010. The topological polar surface area (TPSA) is 111 Å². The molecule has 0 aliphatic rings. The normalized spacial score (nSPS) is 11.4. The predicted molar refractivity (Wildman–Crippen MR) is 107 cm³/mol. The number of anilines is 1. The number of aromatic amines is 1. The van der Waals surface area contributed by atoms with Crippen LogP contribution in [0.4, 0.5) is 28.7 Å². The molecule has 28 heavy (non-hydrogen) atoms. The van der Waals surface area contributed by atoms with Gasteiger partial charge in [0.25, 0.3) is 0 Å². The first kappa shape index (κ1) is 19.0. The average molecular weight is 379 g/mol. The van der Waals surface area contributed by atoms with Gasteiger partial charge < -0.3 is 19.7 Å². The quantitative estimate of drug-likeness (QED) is 0.564. The molecule has 0 saturated heterocycles. The maximum atomic E-state index is 10.2. The molecular formula is C19H21N7O2. The first-order chi connectivity index (χ1) is 13.5. The van der Waals surface area contributed by atoms with E-state index in [9.17, 15) is 5.11 Å². The minimum atomic E-state index is 0.0587. The molecule has 0 bridgehead atoms. The van der Waals surface area contributed by atoms with Crippen LogP contribution in [0, 0.1) is 6.92 Å². The molecule has 0 amide bonds. The Labute approximate surface area is 162 Å². The molecule has 0 aliphatic carbocycles. The van der Waals surface area contributed by atoms with Gasteiger partial charge in [-0.05, 0) is 30.7 Å². The number of phenolic OH excluding ortho intramolecular Hbond substituents is 1. The van der Waals surface area contributed by atoms with Gasteiger partial charge in [0.05, 0.1) is 12.8 Å². The molecule has 3 rings (SSSR count). The van der Waals surface area contributed by atoms with Gasteiger partial charge in [-0.3, -0.25) is 0 Å². The van der Waals surface area contributed by atoms with Crippen LogP contribution in [0.3, 0.4) is 0 Å². The van der Waals surface area contributed by atoms with Crippen molar-refractivity contribution in [3.05, 3.63) is 48.3 Å². The van der Waals surface area contributed by atoms with Gasteiger partial charge in [-0.2, -0.15) is 5.11 Å². The number of rotatable bonds is 6. The molecule has 1 heterocycles. The number of aromatic hydroxyl groups is 1. The maximum Gasteiger partial charge on any atom is 0.246 e. The van der Waals surface area contributed by atoms with Crippen LogP contribution >= 0.6 is 0 Å². The SMILES string of the molecule is COc1cc(/N=N/c2ccc(N(C)C)cc2O)c(C)cc1/N=N/c1ncc[nH]1. The number of ether oxygens (including phenoxy) is 1. The molecule has 2 N–H and O–H groups in total. The Balaban J connectivity index is 1.87. The van der Waals surface area contributed by atoms with Crippen molar-refractivity contribution in [2.24, 2.45) is 20.5 Å². The van der Waals surface area contributed by atoms with Crippen molar-refractivity contribution < 1.29 is 9.84 Å². The van der Waals surface area contributed by atoms with E-state index in [1.165, 1.54) is 0 Å². The smallest absolute Gasteiger partial charge is 0.246 e. The van der Waals surface area contributed by atoms with Gasteiger partial charge in [-0.1, -0.05) is 0 Å². The Morgan fingerprint density at radius 3 is 2.39 bits per heavy atom. The van der Waals surface area contributed by atoms with Gasteiger partial charge in [0.1, 0.15) is 22.9 Å². The van der Waals surface area contributed by atoms with E-state index in [0.29, 0.717) is 28.8 Å². The van der Waals surface area contributed by atoms with E-state index in [1.807, 2.05) is 32.0 Å². The number of azo groups is 2. The number of methoxy groups -OCH3 is 1. The summed E-state index contributed by atoms with van der Waals surface area (Å²) in [6.45, 7) is 1.88. The lowest BCUT2D eigenvalue weighted by Crippen LogP contribution is -2.07. The average Bonchev–Trinajstić information content (AvgIpc) is 3.19. The Morgan fingerprint density at radius 1 is 1.00 bits per heavy atom. The second kappa shape index (κ2) is 8.30. The first-order valence-electron chi connectivity index (χ1n) is 8.49. The first-order valence-corrected chi connectivity index (χ1v) is 8.49. The Morgan fingerprint density at radius 2 is 1.75 bits per heavy atom. The number of aromatic nitrogens is 2. The molecule has 0 unspecified atom stereocenters. The van der Waals surface area contributed by atoms with Crippen molar-refractivity contribution in [1.82, 2.24) is 9.97 Å². The monoisotopic (exact) mass is 379 g/mol. The van der Waals surface area contributed by atoms with Crippen LogP contribution in [0.5, 0.6) is 11.5 Å². The molecule has 3 aromatic rings. The molecule has 9 nitrogen and oxygen atoms in total. The number of hydrogen-bond acceptors (Lipinski definition) is 8. The number of aryl methyl sites for hydroxylation is 1. The summed E-state index contributed by atoms with van der Waals surface area (Å²) in [7, 11) is 5.34. The largest absolute Gasteiger partial charge is 0.506 e. The zero-order valence-electron chi connectivity index (χ0n) is 16.1. The predicted octanol–water partition coefficient (Wildman–Crippen LogP) is 5.33. The third kappa shape index (κ3) is 4.32. The number of imidazole rings is 1. The van der Waals surface area contributed by atoms with E-state index in [0.717, 1.165) is 11.3 Å². The molecule has 2 aromatic carbocycles. The van der Waals surface area contributed by atoms with Crippen LogP contribution in [0.15, 0.2) is 63.2 Å². The summed E-state index contributed by atoms with van der Waals surface area (Å²) in [6, 6.07) is 8.74. The van der Waals surface area contributed by atoms with Gasteiger partial charge >= 0.3 is 0 Å². The summed E-state index contributed by atoms with van der Waals surface area (Å²) in [5, 5.41) is 26.8. The van der Waals surface area contributed by atoms with Crippen LogP contribution in [-0.2, 0) is 0 Å². The lowest BCUT2D eigenvalue weighted by Gasteiger charge is -2.12. The van der Waals surface area contributed by atoms with Crippen LogP contribution < -0.4 is 9.64 Å². The van der Waals surface area contributed by atoms with E-state index in [2.05, 4.69) is 30.4 Å². The van der Waals surface area contributed by atoms with Crippen molar-refractivity contribution >= 4 is 28.7 Å². The lowest BCUT2D eigenvalue weighted by molar-refractivity contribution is 0.416. The van der Waals surface area contributed by atoms with Gasteiger partial charge in [0.2, 0.25) is 5.95 Å². The van der Waals surface area contributed by atoms with E-state index in [1.54, 1.807) is 43.8 Å². The van der Waals surface area contributed by atoms with Crippen LogP contribution in [0.2, 0.25) is 0 Å². The van der Waals surface area contributed by atoms with Gasteiger partial charge in [-0.25, -0.2) is 4.98 Å². The Kier molecular flexibility index (Phi) is 5.64.